The molecule has 0 unspecified atom stereocenters. The predicted molar refractivity (Wildman–Crippen MR) is 42.0 cm³/mol. The molecule has 0 aliphatic rings. The van der Waals surface area contributed by atoms with Gasteiger partial charge in [-0.1, -0.05) is 26.3 Å². The van der Waals surface area contributed by atoms with Crippen molar-refractivity contribution in [2.24, 2.45) is 5.92 Å². The van der Waals surface area contributed by atoms with Crippen LogP contribution in [0.1, 0.15) is 27.2 Å². The minimum Gasteiger partial charge on any atom is -0.309 e. The molecule has 0 aliphatic carbocycles. The molecule has 0 heterocycles. The molecule has 52 valence electrons. The van der Waals surface area contributed by atoms with Gasteiger partial charge < -0.3 is 5.41 Å². The second-order valence-electron chi connectivity index (χ2n) is 2.42. The molecule has 0 atom stereocenters. The molecule has 0 radical (unpaired) electrons. The number of rotatable bonds is 3. The second-order valence-corrected chi connectivity index (χ2v) is 2.42. The third-order valence-corrected chi connectivity index (χ3v) is 1.45. The molecule has 0 spiro atoms. The Kier molecular flexibility index (Phi) is 4.02. The van der Waals surface area contributed by atoms with Crippen LogP contribution in [0.4, 0.5) is 0 Å². The van der Waals surface area contributed by atoms with E-state index >= 15 is 0 Å². The standard InChI is InChI=1S/C8H15N/c1-4-8(5-6-9)7(2)3/h5-7,9H,4H2,1-3H3/b8-5+,9-6?. The maximum Gasteiger partial charge on any atom is 0.0177 e. The van der Waals surface area contributed by atoms with Crippen LogP contribution in [0.2, 0.25) is 0 Å². The molecule has 0 aliphatic heterocycles. The van der Waals surface area contributed by atoms with Gasteiger partial charge in [0.15, 0.2) is 0 Å². The summed E-state index contributed by atoms with van der Waals surface area (Å²) < 4.78 is 0. The van der Waals surface area contributed by atoms with E-state index in [9.17, 15) is 0 Å². The molecule has 0 saturated carbocycles. The van der Waals surface area contributed by atoms with Crippen LogP contribution >= 0.6 is 0 Å². The summed E-state index contributed by atoms with van der Waals surface area (Å²) in [7, 11) is 0. The molecular formula is C8H15N. The normalized spacial score (nSPS) is 12.2. The summed E-state index contributed by atoms with van der Waals surface area (Å²) in [4.78, 5) is 0. The smallest absolute Gasteiger partial charge is 0.0177 e. The van der Waals surface area contributed by atoms with Crippen molar-refractivity contribution < 1.29 is 0 Å². The fourth-order valence-corrected chi connectivity index (χ4v) is 0.826. The summed E-state index contributed by atoms with van der Waals surface area (Å²) >= 11 is 0. The summed E-state index contributed by atoms with van der Waals surface area (Å²) in [6.07, 6.45) is 4.30. The monoisotopic (exact) mass is 125 g/mol. The first-order valence-corrected chi connectivity index (χ1v) is 3.41. The highest BCUT2D eigenvalue weighted by Gasteiger charge is 1.96. The highest BCUT2D eigenvalue weighted by Crippen LogP contribution is 2.11. The van der Waals surface area contributed by atoms with Crippen molar-refractivity contribution in [2.75, 3.05) is 0 Å². The Hall–Kier alpha value is -0.590. The van der Waals surface area contributed by atoms with Gasteiger partial charge in [0.1, 0.15) is 0 Å². The first kappa shape index (κ1) is 8.41. The molecule has 0 bridgehead atoms. The Morgan fingerprint density at radius 3 is 2.22 bits per heavy atom. The van der Waals surface area contributed by atoms with Gasteiger partial charge in [-0.3, -0.25) is 0 Å². The van der Waals surface area contributed by atoms with E-state index in [2.05, 4.69) is 20.8 Å². The van der Waals surface area contributed by atoms with Gasteiger partial charge in [-0.05, 0) is 18.4 Å². The lowest BCUT2D eigenvalue weighted by Gasteiger charge is -2.05. The number of nitrogens with one attached hydrogen (secondary N) is 1. The lowest BCUT2D eigenvalue weighted by Crippen LogP contribution is -1.91. The molecule has 1 heteroatoms. The van der Waals surface area contributed by atoms with Crippen molar-refractivity contribution in [3.8, 4) is 0 Å². The molecular weight excluding hydrogens is 110 g/mol. The summed E-state index contributed by atoms with van der Waals surface area (Å²) in [5, 5.41) is 6.83. The van der Waals surface area contributed by atoms with Gasteiger partial charge in [-0.25, -0.2) is 0 Å². The van der Waals surface area contributed by atoms with Crippen LogP contribution in [0.3, 0.4) is 0 Å². The zero-order valence-electron chi connectivity index (χ0n) is 6.44. The molecule has 9 heavy (non-hydrogen) atoms. The first-order chi connectivity index (χ1) is 4.22. The van der Waals surface area contributed by atoms with Gasteiger partial charge in [0.25, 0.3) is 0 Å². The third kappa shape index (κ3) is 3.07. The van der Waals surface area contributed by atoms with E-state index in [4.69, 9.17) is 5.41 Å². The minimum absolute atomic E-state index is 0.594. The van der Waals surface area contributed by atoms with E-state index < -0.39 is 0 Å². The molecule has 0 aromatic carbocycles. The maximum absolute atomic E-state index is 6.83. The third-order valence-electron chi connectivity index (χ3n) is 1.45. The highest BCUT2D eigenvalue weighted by atomic mass is 14.3. The average molecular weight is 125 g/mol. The number of allylic oxidation sites excluding steroid dienone is 2. The van der Waals surface area contributed by atoms with Gasteiger partial charge in [0, 0.05) is 6.21 Å². The van der Waals surface area contributed by atoms with Crippen LogP contribution in [-0.2, 0) is 0 Å². The Morgan fingerprint density at radius 2 is 2.11 bits per heavy atom. The van der Waals surface area contributed by atoms with E-state index in [1.54, 1.807) is 0 Å². The molecule has 1 nitrogen and oxygen atoms in total. The van der Waals surface area contributed by atoms with Crippen molar-refractivity contribution in [1.82, 2.24) is 0 Å². The van der Waals surface area contributed by atoms with Crippen molar-refractivity contribution in [3.63, 3.8) is 0 Å². The van der Waals surface area contributed by atoms with Crippen LogP contribution in [0, 0.1) is 11.3 Å². The van der Waals surface area contributed by atoms with E-state index in [-0.39, 0.29) is 0 Å². The van der Waals surface area contributed by atoms with Gasteiger partial charge >= 0.3 is 0 Å². The largest absolute Gasteiger partial charge is 0.309 e. The van der Waals surface area contributed by atoms with E-state index in [1.165, 1.54) is 11.8 Å². The molecule has 0 fully saturated rings. The summed E-state index contributed by atoms with van der Waals surface area (Å²) in [6.45, 7) is 6.42. The zero-order valence-corrected chi connectivity index (χ0v) is 6.44. The molecule has 0 aromatic heterocycles. The summed E-state index contributed by atoms with van der Waals surface area (Å²) in [5.74, 6) is 0.594. The van der Waals surface area contributed by atoms with Crippen molar-refractivity contribution in [3.05, 3.63) is 11.6 Å². The van der Waals surface area contributed by atoms with Gasteiger partial charge in [0.2, 0.25) is 0 Å². The summed E-state index contributed by atoms with van der Waals surface area (Å²) in [5.41, 5.74) is 1.35. The zero-order chi connectivity index (χ0) is 7.28. The topological polar surface area (TPSA) is 23.9 Å². The molecule has 0 rings (SSSR count). The SMILES string of the molecule is CC/C(=C\C=N)C(C)C. The first-order valence-electron chi connectivity index (χ1n) is 3.41. The van der Waals surface area contributed by atoms with Gasteiger partial charge in [-0.15, -0.1) is 0 Å². The van der Waals surface area contributed by atoms with Crippen LogP contribution < -0.4 is 0 Å². The van der Waals surface area contributed by atoms with E-state index in [1.807, 2.05) is 6.08 Å². The van der Waals surface area contributed by atoms with Crippen LogP contribution in [0.5, 0.6) is 0 Å². The quantitative estimate of drug-likeness (QED) is 0.561. The summed E-state index contributed by atoms with van der Waals surface area (Å²) in [6, 6.07) is 0. The Labute approximate surface area is 57.3 Å². The van der Waals surface area contributed by atoms with Crippen molar-refractivity contribution >= 4 is 6.21 Å². The predicted octanol–water partition coefficient (Wildman–Crippen LogP) is 2.63. The minimum atomic E-state index is 0.594. The maximum atomic E-state index is 6.83. The fraction of sp³-hybridized carbons (Fsp3) is 0.625. The van der Waals surface area contributed by atoms with Gasteiger partial charge in [0.05, 0.1) is 0 Å². The van der Waals surface area contributed by atoms with E-state index in [0.29, 0.717) is 5.92 Å². The lowest BCUT2D eigenvalue weighted by molar-refractivity contribution is 0.734. The molecule has 1 N–H and O–H groups in total. The van der Waals surface area contributed by atoms with Crippen LogP contribution in [-0.4, -0.2) is 6.21 Å². The Morgan fingerprint density at radius 1 is 1.56 bits per heavy atom. The van der Waals surface area contributed by atoms with Crippen LogP contribution in [0.25, 0.3) is 0 Å². The number of hydrogen-bond donors (Lipinski definition) is 1. The lowest BCUT2D eigenvalue weighted by atomic mass is 10.0. The Bertz CT molecular complexity index is 112. The average Bonchev–Trinajstić information content (AvgIpc) is 1.82. The number of hydrogen-bond acceptors (Lipinski definition) is 1. The molecule has 0 aromatic rings. The van der Waals surface area contributed by atoms with Crippen molar-refractivity contribution in [2.45, 2.75) is 27.2 Å². The molecule has 0 saturated heterocycles. The fourth-order valence-electron chi connectivity index (χ4n) is 0.826. The van der Waals surface area contributed by atoms with Crippen LogP contribution in [0.15, 0.2) is 11.6 Å². The van der Waals surface area contributed by atoms with Gasteiger partial charge in [-0.2, -0.15) is 0 Å². The second kappa shape index (κ2) is 4.30. The highest BCUT2D eigenvalue weighted by molar-refractivity contribution is 5.68. The van der Waals surface area contributed by atoms with Crippen molar-refractivity contribution in [1.29, 1.82) is 5.41 Å². The molecule has 0 amide bonds. The van der Waals surface area contributed by atoms with E-state index in [0.717, 1.165) is 6.42 Å². The Balaban J connectivity index is 3.96.